The van der Waals surface area contributed by atoms with Gasteiger partial charge in [0.1, 0.15) is 0 Å². The van der Waals surface area contributed by atoms with Crippen molar-refractivity contribution in [3.05, 3.63) is 94.6 Å². The Morgan fingerprint density at radius 2 is 1.74 bits per heavy atom. The summed E-state index contributed by atoms with van der Waals surface area (Å²) in [6, 6.07) is 20.7. The fourth-order valence-electron chi connectivity index (χ4n) is 3.85. The predicted molar refractivity (Wildman–Crippen MR) is 123 cm³/mol. The summed E-state index contributed by atoms with van der Waals surface area (Å²) >= 11 is 5.95. The fraction of sp³-hybridized carbons (Fsp3) is 0.160. The maximum atomic E-state index is 12.8. The maximum Gasteiger partial charge on any atom is 0.251 e. The molecule has 6 heteroatoms. The molecule has 4 aromatic rings. The Labute approximate surface area is 186 Å². The van der Waals surface area contributed by atoms with Gasteiger partial charge in [0.15, 0.2) is 11.5 Å². The van der Waals surface area contributed by atoms with Crippen molar-refractivity contribution in [2.24, 2.45) is 0 Å². The Balaban J connectivity index is 1.73. The molecule has 0 aliphatic heterocycles. The number of aromatic nitrogens is 1. The third-order valence-corrected chi connectivity index (χ3v) is 5.63. The summed E-state index contributed by atoms with van der Waals surface area (Å²) in [5.41, 5.74) is 3.59. The van der Waals surface area contributed by atoms with E-state index in [1.165, 1.54) is 0 Å². The van der Waals surface area contributed by atoms with Crippen LogP contribution in [-0.2, 0) is 0 Å². The topological polar surface area (TPSA) is 63.3 Å². The van der Waals surface area contributed by atoms with Gasteiger partial charge < -0.3 is 19.8 Å². The van der Waals surface area contributed by atoms with Crippen molar-refractivity contribution in [2.75, 3.05) is 20.8 Å². The number of benzene rings is 3. The van der Waals surface area contributed by atoms with Gasteiger partial charge >= 0.3 is 0 Å². The van der Waals surface area contributed by atoms with Crippen molar-refractivity contribution in [3.63, 3.8) is 0 Å². The minimum Gasteiger partial charge on any atom is -0.493 e. The van der Waals surface area contributed by atoms with Crippen LogP contribution in [0, 0.1) is 0 Å². The van der Waals surface area contributed by atoms with Crippen LogP contribution in [0.2, 0.25) is 5.02 Å². The number of hydrogen-bond acceptors (Lipinski definition) is 3. The first-order chi connectivity index (χ1) is 15.1. The lowest BCUT2D eigenvalue weighted by atomic mass is 9.89. The molecular formula is C25H23ClN2O3. The number of halogens is 1. The second-order valence-electron chi connectivity index (χ2n) is 7.14. The van der Waals surface area contributed by atoms with Crippen LogP contribution in [0.3, 0.4) is 0 Å². The largest absolute Gasteiger partial charge is 0.493 e. The smallest absolute Gasteiger partial charge is 0.251 e. The molecule has 0 fully saturated rings. The highest BCUT2D eigenvalue weighted by Crippen LogP contribution is 2.40. The molecule has 1 heterocycles. The number of carbonyl (C=O) groups excluding carboxylic acids is 1. The van der Waals surface area contributed by atoms with Gasteiger partial charge in [0.25, 0.3) is 5.91 Å². The number of methoxy groups -OCH3 is 2. The first-order valence-electron chi connectivity index (χ1n) is 9.93. The second kappa shape index (κ2) is 9.14. The Bertz CT molecular complexity index is 1200. The second-order valence-corrected chi connectivity index (χ2v) is 7.58. The van der Waals surface area contributed by atoms with Gasteiger partial charge in [0, 0.05) is 45.7 Å². The summed E-state index contributed by atoms with van der Waals surface area (Å²) in [4.78, 5) is 16.1. The molecule has 31 heavy (non-hydrogen) atoms. The minimum atomic E-state index is -0.164. The summed E-state index contributed by atoms with van der Waals surface area (Å²) < 4.78 is 11.2. The molecule has 0 radical (unpaired) electrons. The van der Waals surface area contributed by atoms with Crippen LogP contribution in [0.25, 0.3) is 10.9 Å². The highest BCUT2D eigenvalue weighted by molar-refractivity contribution is 6.30. The number of aromatic amines is 1. The van der Waals surface area contributed by atoms with Gasteiger partial charge in [-0.2, -0.15) is 0 Å². The van der Waals surface area contributed by atoms with E-state index in [0.29, 0.717) is 28.6 Å². The van der Waals surface area contributed by atoms with E-state index < -0.39 is 0 Å². The van der Waals surface area contributed by atoms with E-state index in [9.17, 15) is 4.79 Å². The van der Waals surface area contributed by atoms with Gasteiger partial charge in [-0.15, -0.1) is 0 Å². The average molecular weight is 435 g/mol. The molecule has 1 amide bonds. The molecule has 0 aliphatic carbocycles. The molecular weight excluding hydrogens is 412 g/mol. The predicted octanol–water partition coefficient (Wildman–Crippen LogP) is 5.40. The van der Waals surface area contributed by atoms with E-state index in [-0.39, 0.29) is 11.8 Å². The molecule has 0 aliphatic rings. The molecule has 0 spiro atoms. The number of ether oxygens (including phenoxy) is 2. The van der Waals surface area contributed by atoms with Gasteiger partial charge in [-0.05, 0) is 42.0 Å². The van der Waals surface area contributed by atoms with Crippen LogP contribution in [0.5, 0.6) is 11.5 Å². The van der Waals surface area contributed by atoms with Crippen LogP contribution in [-0.4, -0.2) is 31.7 Å². The Kier molecular flexibility index (Phi) is 6.14. The zero-order valence-corrected chi connectivity index (χ0v) is 18.1. The number of carbonyl (C=O) groups is 1. The van der Waals surface area contributed by atoms with Crippen molar-refractivity contribution >= 4 is 28.4 Å². The molecule has 1 atom stereocenters. The fourth-order valence-corrected chi connectivity index (χ4v) is 3.98. The molecule has 1 unspecified atom stereocenters. The van der Waals surface area contributed by atoms with E-state index >= 15 is 0 Å². The third-order valence-electron chi connectivity index (χ3n) is 5.38. The van der Waals surface area contributed by atoms with Crippen molar-refractivity contribution in [3.8, 4) is 11.5 Å². The molecule has 158 valence electrons. The number of fused-ring (bicyclic) bond motifs is 1. The average Bonchev–Trinajstić information content (AvgIpc) is 3.23. The van der Waals surface area contributed by atoms with E-state index in [1.54, 1.807) is 38.5 Å². The van der Waals surface area contributed by atoms with Crippen molar-refractivity contribution in [1.82, 2.24) is 10.3 Å². The Morgan fingerprint density at radius 1 is 0.968 bits per heavy atom. The number of rotatable bonds is 7. The molecule has 2 N–H and O–H groups in total. The van der Waals surface area contributed by atoms with E-state index in [0.717, 1.165) is 22.0 Å². The molecule has 1 aromatic heterocycles. The van der Waals surface area contributed by atoms with Gasteiger partial charge in [-0.3, -0.25) is 4.79 Å². The van der Waals surface area contributed by atoms with Crippen molar-refractivity contribution in [2.45, 2.75) is 5.92 Å². The lowest BCUT2D eigenvalue weighted by molar-refractivity contribution is 0.0952. The normalized spacial score (nSPS) is 11.8. The summed E-state index contributed by atoms with van der Waals surface area (Å²) in [5, 5.41) is 4.75. The number of hydrogen-bond donors (Lipinski definition) is 2. The van der Waals surface area contributed by atoms with Crippen LogP contribution in [0.4, 0.5) is 0 Å². The standard InChI is InChI=1S/C25H23ClN2O3/c1-30-23-9-5-7-19(24(23)31-2)21(20-14-27-22-8-4-3-6-18(20)22)15-28-25(29)16-10-12-17(26)13-11-16/h3-14,21,27H,15H2,1-2H3,(H,28,29). The molecule has 0 bridgehead atoms. The van der Waals surface area contributed by atoms with Crippen LogP contribution in [0.15, 0.2) is 72.9 Å². The zero-order chi connectivity index (χ0) is 21.8. The van der Waals surface area contributed by atoms with E-state index in [4.69, 9.17) is 21.1 Å². The SMILES string of the molecule is COc1cccc(C(CNC(=O)c2ccc(Cl)cc2)c2c[nH]c3ccccc23)c1OC. The number of para-hydroxylation sites is 2. The number of H-pyrrole nitrogens is 1. The van der Waals surface area contributed by atoms with Crippen molar-refractivity contribution in [1.29, 1.82) is 0 Å². The Hall–Kier alpha value is -3.44. The van der Waals surface area contributed by atoms with Crippen LogP contribution in [0.1, 0.15) is 27.4 Å². The Morgan fingerprint density at radius 3 is 2.48 bits per heavy atom. The monoisotopic (exact) mass is 434 g/mol. The van der Waals surface area contributed by atoms with E-state index in [1.807, 2.05) is 42.6 Å². The molecule has 0 saturated carbocycles. The van der Waals surface area contributed by atoms with Crippen LogP contribution < -0.4 is 14.8 Å². The quantitative estimate of drug-likeness (QED) is 0.409. The van der Waals surface area contributed by atoms with Gasteiger partial charge in [0.2, 0.25) is 0 Å². The maximum absolute atomic E-state index is 12.8. The molecule has 4 rings (SSSR count). The highest BCUT2D eigenvalue weighted by Gasteiger charge is 2.24. The lowest BCUT2D eigenvalue weighted by Gasteiger charge is -2.22. The van der Waals surface area contributed by atoms with Gasteiger partial charge in [-0.1, -0.05) is 41.9 Å². The van der Waals surface area contributed by atoms with E-state index in [2.05, 4.69) is 16.4 Å². The highest BCUT2D eigenvalue weighted by atomic mass is 35.5. The van der Waals surface area contributed by atoms with Crippen molar-refractivity contribution < 1.29 is 14.3 Å². The number of amides is 1. The third kappa shape index (κ3) is 4.23. The number of nitrogens with one attached hydrogen (secondary N) is 2. The van der Waals surface area contributed by atoms with Gasteiger partial charge in [0.05, 0.1) is 14.2 Å². The lowest BCUT2D eigenvalue weighted by Crippen LogP contribution is -2.29. The molecule has 5 nitrogen and oxygen atoms in total. The first kappa shape index (κ1) is 20.8. The summed E-state index contributed by atoms with van der Waals surface area (Å²) in [5.74, 6) is 0.982. The summed E-state index contributed by atoms with van der Waals surface area (Å²) in [7, 11) is 3.24. The van der Waals surface area contributed by atoms with Crippen LogP contribution >= 0.6 is 11.6 Å². The van der Waals surface area contributed by atoms with Gasteiger partial charge in [-0.25, -0.2) is 0 Å². The summed E-state index contributed by atoms with van der Waals surface area (Å²) in [6.45, 7) is 0.382. The molecule has 0 saturated heterocycles. The summed E-state index contributed by atoms with van der Waals surface area (Å²) in [6.07, 6.45) is 1.99. The molecule has 3 aromatic carbocycles. The minimum absolute atomic E-state index is 0.155. The first-order valence-corrected chi connectivity index (χ1v) is 10.3. The zero-order valence-electron chi connectivity index (χ0n) is 17.3.